The molecule has 0 unspecified atom stereocenters. The van der Waals surface area contributed by atoms with Crippen molar-refractivity contribution in [2.45, 2.75) is 0 Å². The fraction of sp³-hybridized carbons (Fsp3) is 0. The fourth-order valence-electron chi connectivity index (χ4n) is 4.03. The molecule has 190 valence electrons. The molecule has 1 heterocycles. The van der Waals surface area contributed by atoms with Gasteiger partial charge >= 0.3 is 0 Å². The predicted octanol–water partition coefficient (Wildman–Crippen LogP) is 5.12. The van der Waals surface area contributed by atoms with Crippen LogP contribution in [0.1, 0.15) is 11.1 Å². The number of hydrogen-bond acceptors (Lipinski definition) is 6. The molecule has 0 spiro atoms. The monoisotopic (exact) mass is 515 g/mol. The van der Waals surface area contributed by atoms with Gasteiger partial charge < -0.3 is 0 Å². The zero-order valence-corrected chi connectivity index (χ0v) is 20.5. The molecule has 0 aliphatic rings. The van der Waals surface area contributed by atoms with Crippen LogP contribution in [0, 0.1) is 10.1 Å². The summed E-state index contributed by atoms with van der Waals surface area (Å²) in [6.45, 7) is 0. The third-order valence-corrected chi connectivity index (χ3v) is 5.88. The molecule has 1 amide bonds. The van der Waals surface area contributed by atoms with Crippen LogP contribution in [-0.4, -0.2) is 26.6 Å². The molecule has 0 aliphatic heterocycles. The molecule has 9 heteroatoms. The van der Waals surface area contributed by atoms with Crippen LogP contribution < -0.4 is 11.0 Å². The first-order valence-electron chi connectivity index (χ1n) is 11.9. The molecule has 0 saturated heterocycles. The van der Waals surface area contributed by atoms with E-state index in [0.717, 1.165) is 5.56 Å². The van der Waals surface area contributed by atoms with E-state index < -0.39 is 4.92 Å². The normalized spacial score (nSPS) is 11.3. The highest BCUT2D eigenvalue weighted by molar-refractivity contribution is 5.92. The molecular weight excluding hydrogens is 494 g/mol. The van der Waals surface area contributed by atoms with E-state index in [1.165, 1.54) is 22.9 Å². The Morgan fingerprint density at radius 1 is 0.872 bits per heavy atom. The van der Waals surface area contributed by atoms with Crippen LogP contribution in [0.15, 0.2) is 119 Å². The van der Waals surface area contributed by atoms with Crippen molar-refractivity contribution < 1.29 is 9.72 Å². The van der Waals surface area contributed by atoms with Crippen LogP contribution in [-0.2, 0) is 4.79 Å². The van der Waals surface area contributed by atoms with Gasteiger partial charge in [-0.15, -0.1) is 0 Å². The Morgan fingerprint density at radius 3 is 2.33 bits per heavy atom. The van der Waals surface area contributed by atoms with Gasteiger partial charge in [-0.25, -0.2) is 10.4 Å². The lowest BCUT2D eigenvalue weighted by atomic mass is 10.1. The molecule has 4 aromatic carbocycles. The second-order valence-corrected chi connectivity index (χ2v) is 8.44. The molecule has 39 heavy (non-hydrogen) atoms. The molecule has 0 fully saturated rings. The van der Waals surface area contributed by atoms with E-state index in [-0.39, 0.29) is 28.5 Å². The Kier molecular flexibility index (Phi) is 7.13. The first-order chi connectivity index (χ1) is 19.0. The first-order valence-corrected chi connectivity index (χ1v) is 11.9. The number of carbonyl (C=O) groups excluding carboxylic acids is 1. The van der Waals surface area contributed by atoms with Gasteiger partial charge in [-0.3, -0.25) is 24.3 Å². The average Bonchev–Trinajstić information content (AvgIpc) is 2.97. The van der Waals surface area contributed by atoms with Gasteiger partial charge in [0.1, 0.15) is 0 Å². The number of benzene rings is 4. The Morgan fingerprint density at radius 2 is 1.56 bits per heavy atom. The summed E-state index contributed by atoms with van der Waals surface area (Å²) in [5.41, 5.74) is 4.62. The van der Waals surface area contributed by atoms with Crippen LogP contribution in [0.3, 0.4) is 0 Å². The van der Waals surface area contributed by atoms with Crippen molar-refractivity contribution in [1.82, 2.24) is 15.0 Å². The molecule has 0 atom stereocenters. The quantitative estimate of drug-likeness (QED) is 0.140. The number of rotatable bonds is 7. The maximum Gasteiger partial charge on any atom is 0.280 e. The third kappa shape index (κ3) is 5.52. The van der Waals surface area contributed by atoms with Crippen LogP contribution in [0.25, 0.3) is 34.1 Å². The number of para-hydroxylation sites is 2. The van der Waals surface area contributed by atoms with Crippen molar-refractivity contribution in [3.05, 3.63) is 141 Å². The summed E-state index contributed by atoms with van der Waals surface area (Å²) >= 11 is 0. The molecular formula is C30H21N5O4. The zero-order valence-electron chi connectivity index (χ0n) is 20.5. The summed E-state index contributed by atoms with van der Waals surface area (Å²) in [7, 11) is 0. The lowest BCUT2D eigenvalue weighted by Gasteiger charge is -2.14. The number of nitrogens with zero attached hydrogens (tertiary/aromatic N) is 4. The van der Waals surface area contributed by atoms with Crippen LogP contribution in [0.2, 0.25) is 0 Å². The molecule has 1 N–H and O–H groups in total. The maximum atomic E-state index is 13.6. The van der Waals surface area contributed by atoms with Crippen molar-refractivity contribution in [3.63, 3.8) is 0 Å². The SMILES string of the molecule is O=C(/C=C/c1ccccc1)N/N=C/c1ccc(-n2c(-c3ccccc3[N+](=O)[O-])nc3ccccc3c2=O)cc1. The summed E-state index contributed by atoms with van der Waals surface area (Å²) in [4.78, 5) is 41.5. The number of nitro groups is 1. The van der Waals surface area contributed by atoms with E-state index in [0.29, 0.717) is 22.2 Å². The van der Waals surface area contributed by atoms with Crippen LogP contribution in [0.5, 0.6) is 0 Å². The number of nitro benzene ring substituents is 1. The molecule has 5 aromatic rings. The number of nitrogens with one attached hydrogen (secondary N) is 1. The Balaban J connectivity index is 1.46. The number of fused-ring (bicyclic) bond motifs is 1. The minimum atomic E-state index is -0.496. The van der Waals surface area contributed by atoms with Crippen molar-refractivity contribution in [1.29, 1.82) is 0 Å². The summed E-state index contributed by atoms with van der Waals surface area (Å²) in [6.07, 6.45) is 4.55. The van der Waals surface area contributed by atoms with Crippen molar-refractivity contribution in [2.75, 3.05) is 0 Å². The summed E-state index contributed by atoms with van der Waals surface area (Å²) < 4.78 is 1.36. The highest BCUT2D eigenvalue weighted by Crippen LogP contribution is 2.30. The third-order valence-electron chi connectivity index (χ3n) is 5.88. The fourth-order valence-corrected chi connectivity index (χ4v) is 4.03. The minimum absolute atomic E-state index is 0.157. The van der Waals surface area contributed by atoms with Crippen LogP contribution >= 0.6 is 0 Å². The summed E-state index contributed by atoms with van der Waals surface area (Å²) in [6, 6.07) is 29.3. The lowest BCUT2D eigenvalue weighted by Crippen LogP contribution is -2.22. The Bertz CT molecular complexity index is 1790. The number of amides is 1. The number of aromatic nitrogens is 2. The molecule has 0 bridgehead atoms. The molecule has 1 aromatic heterocycles. The van der Waals surface area contributed by atoms with E-state index in [1.807, 2.05) is 30.3 Å². The van der Waals surface area contributed by atoms with Gasteiger partial charge in [0.2, 0.25) is 0 Å². The van der Waals surface area contributed by atoms with Crippen molar-refractivity contribution in [3.8, 4) is 17.1 Å². The Hall–Kier alpha value is -5.70. The summed E-state index contributed by atoms with van der Waals surface area (Å²) in [5, 5.41) is 16.1. The average molecular weight is 516 g/mol. The van der Waals surface area contributed by atoms with E-state index in [9.17, 15) is 19.7 Å². The van der Waals surface area contributed by atoms with E-state index in [2.05, 4.69) is 15.5 Å². The summed E-state index contributed by atoms with van der Waals surface area (Å²) in [5.74, 6) is -0.223. The lowest BCUT2D eigenvalue weighted by molar-refractivity contribution is -0.384. The first kappa shape index (κ1) is 25.0. The highest BCUT2D eigenvalue weighted by atomic mass is 16.6. The van der Waals surface area contributed by atoms with Gasteiger partial charge in [0.15, 0.2) is 5.82 Å². The maximum absolute atomic E-state index is 13.6. The molecule has 9 nitrogen and oxygen atoms in total. The standard InChI is InChI=1S/C30H21N5O4/c36-28(19-16-21-8-2-1-3-9-21)33-31-20-22-14-17-23(18-15-22)34-29(25-11-5-7-13-27(25)35(38)39)32-26-12-6-4-10-24(26)30(34)37/h1-20H,(H,33,36)/b19-16+,31-20+. The van der Waals surface area contributed by atoms with Gasteiger partial charge in [0.05, 0.1) is 33.3 Å². The molecule has 0 radical (unpaired) electrons. The second kappa shape index (κ2) is 11.1. The van der Waals surface area contributed by atoms with E-state index >= 15 is 0 Å². The van der Waals surface area contributed by atoms with Gasteiger partial charge in [0, 0.05) is 12.1 Å². The van der Waals surface area contributed by atoms with Crippen molar-refractivity contribution >= 4 is 34.8 Å². The topological polar surface area (TPSA) is 119 Å². The smallest absolute Gasteiger partial charge is 0.268 e. The molecule has 5 rings (SSSR count). The minimum Gasteiger partial charge on any atom is -0.268 e. The number of hydrazone groups is 1. The van der Waals surface area contributed by atoms with E-state index in [1.54, 1.807) is 72.8 Å². The largest absolute Gasteiger partial charge is 0.280 e. The van der Waals surface area contributed by atoms with E-state index in [4.69, 9.17) is 0 Å². The van der Waals surface area contributed by atoms with Gasteiger partial charge in [-0.2, -0.15) is 5.10 Å². The zero-order chi connectivity index (χ0) is 27.2. The van der Waals surface area contributed by atoms with Gasteiger partial charge in [0.25, 0.3) is 17.2 Å². The van der Waals surface area contributed by atoms with Crippen molar-refractivity contribution in [2.24, 2.45) is 5.10 Å². The molecule has 0 saturated carbocycles. The van der Waals surface area contributed by atoms with Gasteiger partial charge in [-0.1, -0.05) is 66.7 Å². The van der Waals surface area contributed by atoms with Gasteiger partial charge in [-0.05, 0) is 47.5 Å². The number of carbonyl (C=O) groups is 1. The number of hydrogen-bond donors (Lipinski definition) is 1. The highest BCUT2D eigenvalue weighted by Gasteiger charge is 2.21. The Labute approximate surface area is 222 Å². The van der Waals surface area contributed by atoms with Crippen LogP contribution in [0.4, 0.5) is 5.69 Å². The second-order valence-electron chi connectivity index (χ2n) is 8.44. The predicted molar refractivity (Wildman–Crippen MR) is 151 cm³/mol. The molecule has 0 aliphatic carbocycles.